The van der Waals surface area contributed by atoms with E-state index in [9.17, 15) is 4.79 Å². The van der Waals surface area contributed by atoms with Gasteiger partial charge in [-0.2, -0.15) is 0 Å². The van der Waals surface area contributed by atoms with E-state index >= 15 is 0 Å². The van der Waals surface area contributed by atoms with E-state index in [0.29, 0.717) is 18.7 Å². The molecule has 0 spiro atoms. The van der Waals surface area contributed by atoms with Gasteiger partial charge in [-0.3, -0.25) is 0 Å². The number of amides is 1. The minimum absolute atomic E-state index is 0.383. The molecule has 0 heterocycles. The molecule has 4 nitrogen and oxygen atoms in total. The molecule has 1 aromatic rings. The Balaban J connectivity index is 2.68. The molecule has 4 heteroatoms. The molecule has 0 unspecified atom stereocenters. The summed E-state index contributed by atoms with van der Waals surface area (Å²) in [6, 6.07) is 7.54. The molecule has 17 heavy (non-hydrogen) atoms. The fourth-order valence-corrected chi connectivity index (χ4v) is 1.71. The fraction of sp³-hybridized carbons (Fsp3) is 0.462. The van der Waals surface area contributed by atoms with Gasteiger partial charge in [0, 0.05) is 17.8 Å². The van der Waals surface area contributed by atoms with E-state index < -0.39 is 6.09 Å². The zero-order valence-electron chi connectivity index (χ0n) is 10.6. The van der Waals surface area contributed by atoms with E-state index in [1.54, 1.807) is 0 Å². The zero-order chi connectivity index (χ0) is 13.1. The largest absolute Gasteiger partial charge is 0.465 e. The molecule has 0 aromatic heterocycles. The minimum Gasteiger partial charge on any atom is -0.465 e. The molecule has 0 bridgehead atoms. The van der Waals surface area contributed by atoms with Crippen LogP contribution in [0.4, 0.5) is 10.5 Å². The van der Waals surface area contributed by atoms with Crippen molar-refractivity contribution in [1.82, 2.24) is 4.90 Å². The third-order valence-electron chi connectivity index (χ3n) is 2.62. The van der Waals surface area contributed by atoms with Crippen LogP contribution in [0.25, 0.3) is 0 Å². The Hall–Kier alpha value is -1.71. The van der Waals surface area contributed by atoms with Gasteiger partial charge in [0.1, 0.15) is 0 Å². The highest BCUT2D eigenvalue weighted by atomic mass is 16.4. The summed E-state index contributed by atoms with van der Waals surface area (Å²) < 4.78 is 0. The van der Waals surface area contributed by atoms with Gasteiger partial charge in [0.05, 0.1) is 0 Å². The van der Waals surface area contributed by atoms with E-state index in [2.05, 4.69) is 0 Å². The summed E-state index contributed by atoms with van der Waals surface area (Å²) in [5, 5.41) is 9.14. The second kappa shape index (κ2) is 5.08. The summed E-state index contributed by atoms with van der Waals surface area (Å²) >= 11 is 0. The van der Waals surface area contributed by atoms with Gasteiger partial charge < -0.3 is 15.7 Å². The lowest BCUT2D eigenvalue weighted by molar-refractivity contribution is 0.101. The van der Waals surface area contributed by atoms with E-state index in [1.165, 1.54) is 4.90 Å². The highest BCUT2D eigenvalue weighted by Crippen LogP contribution is 2.15. The van der Waals surface area contributed by atoms with Crippen LogP contribution in [-0.4, -0.2) is 28.2 Å². The van der Waals surface area contributed by atoms with Crippen molar-refractivity contribution in [2.75, 3.05) is 12.3 Å². The molecule has 0 aliphatic rings. The molecule has 0 saturated carbocycles. The molecule has 0 atom stereocenters. The highest BCUT2D eigenvalue weighted by molar-refractivity contribution is 5.66. The molecular formula is C13H20N2O2. The van der Waals surface area contributed by atoms with Gasteiger partial charge in [-0.25, -0.2) is 4.79 Å². The fourth-order valence-electron chi connectivity index (χ4n) is 1.71. The second-order valence-corrected chi connectivity index (χ2v) is 5.10. The van der Waals surface area contributed by atoms with Gasteiger partial charge in [0.25, 0.3) is 0 Å². The van der Waals surface area contributed by atoms with E-state index in [1.807, 2.05) is 45.0 Å². The van der Waals surface area contributed by atoms with Crippen LogP contribution < -0.4 is 5.73 Å². The summed E-state index contributed by atoms with van der Waals surface area (Å²) in [5.74, 6) is 0. The molecule has 0 saturated heterocycles. The van der Waals surface area contributed by atoms with Gasteiger partial charge in [-0.1, -0.05) is 12.1 Å². The van der Waals surface area contributed by atoms with Crippen LogP contribution in [0.3, 0.4) is 0 Å². The van der Waals surface area contributed by atoms with Crippen molar-refractivity contribution in [1.29, 1.82) is 0 Å². The predicted molar refractivity (Wildman–Crippen MR) is 69.0 cm³/mol. The predicted octanol–water partition coefficient (Wildman–Crippen LogP) is 2.59. The van der Waals surface area contributed by atoms with Crippen molar-refractivity contribution in [3.8, 4) is 0 Å². The van der Waals surface area contributed by atoms with Crippen LogP contribution in [0.1, 0.15) is 26.3 Å². The summed E-state index contributed by atoms with van der Waals surface area (Å²) in [4.78, 5) is 12.6. The Morgan fingerprint density at radius 1 is 1.41 bits per heavy atom. The maximum absolute atomic E-state index is 11.1. The number of nitrogens with two attached hydrogens (primary N) is 1. The number of nitrogens with zero attached hydrogens (tertiary/aromatic N) is 1. The number of carboxylic acid groups (broad SMARTS) is 1. The first-order valence-corrected chi connectivity index (χ1v) is 5.65. The molecule has 94 valence electrons. The van der Waals surface area contributed by atoms with Crippen molar-refractivity contribution in [2.45, 2.75) is 32.7 Å². The first-order valence-electron chi connectivity index (χ1n) is 5.65. The van der Waals surface area contributed by atoms with Crippen LogP contribution in [0.2, 0.25) is 0 Å². The SMILES string of the molecule is CC(C)(C)N(CCc1cccc(N)c1)C(=O)O. The average Bonchev–Trinajstić information content (AvgIpc) is 2.15. The van der Waals surface area contributed by atoms with E-state index in [0.717, 1.165) is 5.56 Å². The maximum Gasteiger partial charge on any atom is 0.407 e. The number of carbonyl (C=O) groups is 1. The first kappa shape index (κ1) is 13.4. The van der Waals surface area contributed by atoms with Gasteiger partial charge in [-0.05, 0) is 44.9 Å². The lowest BCUT2D eigenvalue weighted by atomic mass is 10.0. The molecular weight excluding hydrogens is 216 g/mol. The third-order valence-corrected chi connectivity index (χ3v) is 2.62. The van der Waals surface area contributed by atoms with Crippen LogP contribution >= 0.6 is 0 Å². The molecule has 1 rings (SSSR count). The Morgan fingerprint density at radius 2 is 2.06 bits per heavy atom. The first-order chi connectivity index (χ1) is 7.80. The van der Waals surface area contributed by atoms with E-state index in [-0.39, 0.29) is 5.54 Å². The molecule has 0 aliphatic heterocycles. The van der Waals surface area contributed by atoms with Gasteiger partial charge in [-0.15, -0.1) is 0 Å². The van der Waals surface area contributed by atoms with Crippen molar-refractivity contribution in [3.63, 3.8) is 0 Å². The maximum atomic E-state index is 11.1. The Labute approximate surface area is 102 Å². The molecule has 0 fully saturated rings. The monoisotopic (exact) mass is 236 g/mol. The average molecular weight is 236 g/mol. The molecule has 3 N–H and O–H groups in total. The number of nitrogen functional groups attached to an aromatic ring is 1. The minimum atomic E-state index is -0.888. The van der Waals surface area contributed by atoms with Gasteiger partial charge in [0.15, 0.2) is 0 Å². The lowest BCUT2D eigenvalue weighted by Gasteiger charge is -2.33. The lowest BCUT2D eigenvalue weighted by Crippen LogP contribution is -2.45. The standard InChI is InChI=1S/C13H20N2O2/c1-13(2,3)15(12(16)17)8-7-10-5-4-6-11(14)9-10/h4-6,9H,7-8,14H2,1-3H3,(H,16,17). The summed E-state index contributed by atoms with van der Waals surface area (Å²) in [6.07, 6.45) is -0.212. The van der Waals surface area contributed by atoms with Crippen LogP contribution in [0, 0.1) is 0 Å². The smallest absolute Gasteiger partial charge is 0.407 e. The zero-order valence-corrected chi connectivity index (χ0v) is 10.6. The molecule has 0 radical (unpaired) electrons. The highest BCUT2D eigenvalue weighted by Gasteiger charge is 2.25. The Bertz CT molecular complexity index is 397. The Morgan fingerprint density at radius 3 is 2.53 bits per heavy atom. The van der Waals surface area contributed by atoms with Gasteiger partial charge >= 0.3 is 6.09 Å². The van der Waals surface area contributed by atoms with Crippen molar-refractivity contribution >= 4 is 11.8 Å². The summed E-state index contributed by atoms with van der Waals surface area (Å²) in [7, 11) is 0. The molecule has 1 amide bonds. The van der Waals surface area contributed by atoms with Crippen LogP contribution in [0.5, 0.6) is 0 Å². The van der Waals surface area contributed by atoms with Crippen molar-refractivity contribution in [3.05, 3.63) is 29.8 Å². The summed E-state index contributed by atoms with van der Waals surface area (Å²) in [6.45, 7) is 6.14. The number of hydrogen-bond donors (Lipinski definition) is 2. The molecule has 0 aliphatic carbocycles. The normalized spacial score (nSPS) is 11.2. The second-order valence-electron chi connectivity index (χ2n) is 5.10. The van der Waals surface area contributed by atoms with Crippen molar-refractivity contribution < 1.29 is 9.90 Å². The van der Waals surface area contributed by atoms with Gasteiger partial charge in [0.2, 0.25) is 0 Å². The number of rotatable bonds is 3. The summed E-state index contributed by atoms with van der Waals surface area (Å²) in [5.41, 5.74) is 7.06. The number of benzene rings is 1. The third kappa shape index (κ3) is 3.98. The number of anilines is 1. The molecule has 1 aromatic carbocycles. The van der Waals surface area contributed by atoms with Crippen molar-refractivity contribution in [2.24, 2.45) is 0 Å². The van der Waals surface area contributed by atoms with E-state index in [4.69, 9.17) is 10.8 Å². The topological polar surface area (TPSA) is 66.6 Å². The number of hydrogen-bond acceptors (Lipinski definition) is 2. The quantitative estimate of drug-likeness (QED) is 0.793. The Kier molecular flexibility index (Phi) is 3.99. The van der Waals surface area contributed by atoms with Crippen LogP contribution in [0.15, 0.2) is 24.3 Å². The van der Waals surface area contributed by atoms with Crippen LogP contribution in [-0.2, 0) is 6.42 Å².